The summed E-state index contributed by atoms with van der Waals surface area (Å²) in [6.07, 6.45) is -4.05. The van der Waals surface area contributed by atoms with E-state index in [1.807, 2.05) is 13.8 Å². The Morgan fingerprint density at radius 2 is 1.25 bits per heavy atom. The molecule has 1 saturated heterocycles. The molecule has 3 aromatic rings. The maximum absolute atomic E-state index is 13.4. The van der Waals surface area contributed by atoms with E-state index < -0.39 is 56.5 Å². The van der Waals surface area contributed by atoms with E-state index in [0.29, 0.717) is 0 Å². The van der Waals surface area contributed by atoms with Gasteiger partial charge in [0.1, 0.15) is 12.2 Å². The number of hydroxylamine groups is 2. The molecule has 40 heavy (non-hydrogen) atoms. The van der Waals surface area contributed by atoms with Crippen LogP contribution in [-0.2, 0) is 38.2 Å². The van der Waals surface area contributed by atoms with Gasteiger partial charge >= 0.3 is 5.97 Å². The molecule has 0 bridgehead atoms. The number of fused-ring (bicyclic) bond motifs is 1. The van der Waals surface area contributed by atoms with Gasteiger partial charge in [-0.3, -0.25) is 13.2 Å². The molecule has 3 aromatic carbocycles. The molecule has 5 rings (SSSR count). The number of carbonyl (C=O) groups is 1. The highest BCUT2D eigenvalue weighted by molar-refractivity contribution is 7.87. The summed E-state index contributed by atoms with van der Waals surface area (Å²) in [5.41, 5.74) is 1.91. The van der Waals surface area contributed by atoms with Gasteiger partial charge in [0.15, 0.2) is 6.10 Å². The van der Waals surface area contributed by atoms with Crippen LogP contribution in [0.5, 0.6) is 0 Å². The van der Waals surface area contributed by atoms with Gasteiger partial charge in [0.25, 0.3) is 20.2 Å². The summed E-state index contributed by atoms with van der Waals surface area (Å²) in [6, 6.07) is 19.5. The minimum absolute atomic E-state index is 0.000915. The van der Waals surface area contributed by atoms with Crippen LogP contribution in [-0.4, -0.2) is 65.9 Å². The minimum Gasteiger partial charge on any atom is -0.453 e. The van der Waals surface area contributed by atoms with Gasteiger partial charge in [-0.2, -0.15) is 21.9 Å². The fourth-order valence-electron chi connectivity index (χ4n) is 4.97. The first-order valence-corrected chi connectivity index (χ1v) is 15.4. The molecule has 12 heteroatoms. The molecule has 0 radical (unpaired) electrons. The van der Waals surface area contributed by atoms with Crippen LogP contribution < -0.4 is 0 Å². The number of benzene rings is 3. The number of carbonyl (C=O) groups excluding carboxylic acids is 1. The van der Waals surface area contributed by atoms with Gasteiger partial charge < -0.3 is 4.74 Å². The van der Waals surface area contributed by atoms with Crippen LogP contribution in [0.15, 0.2) is 88.7 Å². The highest BCUT2D eigenvalue weighted by Crippen LogP contribution is 2.43. The Morgan fingerprint density at radius 3 is 1.77 bits per heavy atom. The largest absolute Gasteiger partial charge is 0.453 e. The molecule has 2 fully saturated rings. The molecule has 0 spiro atoms. The number of rotatable bonds is 8. The summed E-state index contributed by atoms with van der Waals surface area (Å²) < 4.78 is 70.6. The molecule has 0 unspecified atom stereocenters. The van der Waals surface area contributed by atoms with E-state index >= 15 is 0 Å². The maximum atomic E-state index is 13.4. The molecule has 10 nitrogen and oxygen atoms in total. The smallest absolute Gasteiger partial charge is 0.338 e. The summed E-state index contributed by atoms with van der Waals surface area (Å²) in [7, 11) is -7.13. The summed E-state index contributed by atoms with van der Waals surface area (Å²) in [6.45, 7) is 3.64. The van der Waals surface area contributed by atoms with Crippen LogP contribution in [0.1, 0.15) is 21.5 Å². The number of hydrogen-bond acceptors (Lipinski definition) is 10. The van der Waals surface area contributed by atoms with E-state index in [9.17, 15) is 21.6 Å². The minimum atomic E-state index is -4.36. The van der Waals surface area contributed by atoms with Crippen LogP contribution in [0.4, 0.5) is 0 Å². The quantitative estimate of drug-likeness (QED) is 0.286. The third kappa shape index (κ3) is 5.69. The first-order chi connectivity index (χ1) is 19.0. The van der Waals surface area contributed by atoms with Crippen LogP contribution in [0.25, 0.3) is 0 Å². The maximum Gasteiger partial charge on any atom is 0.338 e. The molecule has 0 aromatic heterocycles. The molecule has 2 aliphatic rings. The number of hydrogen-bond donors (Lipinski definition) is 0. The third-order valence-electron chi connectivity index (χ3n) is 7.08. The zero-order valence-electron chi connectivity index (χ0n) is 22.0. The summed E-state index contributed by atoms with van der Waals surface area (Å²) >= 11 is 0. The molecule has 212 valence electrons. The molecule has 1 saturated carbocycles. The first-order valence-electron chi connectivity index (χ1n) is 12.6. The van der Waals surface area contributed by atoms with Crippen molar-refractivity contribution in [2.75, 3.05) is 13.7 Å². The van der Waals surface area contributed by atoms with Crippen molar-refractivity contribution in [3.63, 3.8) is 0 Å². The van der Waals surface area contributed by atoms with Crippen molar-refractivity contribution in [3.05, 3.63) is 95.6 Å². The van der Waals surface area contributed by atoms with Gasteiger partial charge in [-0.25, -0.2) is 4.79 Å². The molecule has 1 aliphatic carbocycles. The van der Waals surface area contributed by atoms with Gasteiger partial charge in [-0.15, -0.1) is 0 Å². The Hall–Kier alpha value is -3.13. The number of esters is 1. The monoisotopic (exact) mass is 587 g/mol. The number of nitrogens with zero attached hydrogens (tertiary/aromatic N) is 1. The van der Waals surface area contributed by atoms with Gasteiger partial charge in [0.2, 0.25) is 0 Å². The molecule has 5 atom stereocenters. The van der Waals surface area contributed by atoms with Gasteiger partial charge in [-0.1, -0.05) is 53.6 Å². The van der Waals surface area contributed by atoms with E-state index in [-0.39, 0.29) is 22.0 Å². The fourth-order valence-corrected chi connectivity index (χ4v) is 7.20. The van der Waals surface area contributed by atoms with Crippen LogP contribution >= 0.6 is 0 Å². The molecular formula is C28H29NO9S2. The van der Waals surface area contributed by atoms with E-state index in [4.69, 9.17) is 17.9 Å². The standard InChI is InChI=1S/C28H29NO9S2/c1-18-9-13-21(14-10-18)39(31,32)37-25-23-17-35-29(3)24(23)26(27(25)36-28(30)20-7-5-4-6-8-20)38-40(33,34)22-15-11-19(2)12-16-22/h4-16,23-27H,17H2,1-3H3/t23-,24+,25-,26+,27-/m0/s1. The molecule has 1 heterocycles. The number of likely N-dealkylation sites (N-methyl/N-ethyl adjacent to an activating group) is 1. The normalized spacial score (nSPS) is 25.0. The Morgan fingerprint density at radius 1 is 0.750 bits per heavy atom. The van der Waals surface area contributed by atoms with E-state index in [0.717, 1.165) is 11.1 Å². The Labute approximate surface area is 233 Å². The second-order valence-corrected chi connectivity index (χ2v) is 13.0. The van der Waals surface area contributed by atoms with E-state index in [1.165, 1.54) is 41.5 Å². The second-order valence-electron chi connectivity index (χ2n) is 9.89. The summed E-state index contributed by atoms with van der Waals surface area (Å²) in [5, 5.41) is 1.39. The molecule has 0 N–H and O–H groups in total. The van der Waals surface area contributed by atoms with Gasteiger partial charge in [0.05, 0.1) is 28.0 Å². The average Bonchev–Trinajstić information content (AvgIpc) is 3.43. The van der Waals surface area contributed by atoms with Gasteiger partial charge in [-0.05, 0) is 50.2 Å². The Bertz CT molecular complexity index is 1570. The fraction of sp³-hybridized carbons (Fsp3) is 0.321. The van der Waals surface area contributed by atoms with Crippen molar-refractivity contribution in [2.24, 2.45) is 5.92 Å². The lowest BCUT2D eigenvalue weighted by atomic mass is 10.0. The van der Waals surface area contributed by atoms with Crippen LogP contribution in [0.2, 0.25) is 0 Å². The van der Waals surface area contributed by atoms with Crippen LogP contribution in [0, 0.1) is 19.8 Å². The second kappa shape index (κ2) is 11.0. The predicted octanol–water partition coefficient (Wildman–Crippen LogP) is 3.25. The van der Waals surface area contributed by atoms with Crippen molar-refractivity contribution in [2.45, 2.75) is 48.0 Å². The lowest BCUT2D eigenvalue weighted by Gasteiger charge is -2.28. The van der Waals surface area contributed by atoms with E-state index in [1.54, 1.807) is 49.5 Å². The zero-order chi connectivity index (χ0) is 28.7. The molecule has 0 amide bonds. The highest BCUT2D eigenvalue weighted by Gasteiger charge is 2.61. The average molecular weight is 588 g/mol. The topological polar surface area (TPSA) is 126 Å². The highest BCUT2D eigenvalue weighted by atomic mass is 32.2. The SMILES string of the molecule is Cc1ccc(S(=O)(=O)O[C@H]2[C@H]3CON(C)[C@H]3[C@@H](OS(=O)(=O)c3ccc(C)cc3)[C@H]2OC(=O)c2ccccc2)cc1. The first kappa shape index (κ1) is 28.4. The summed E-state index contributed by atoms with van der Waals surface area (Å²) in [5.74, 6) is -1.48. The van der Waals surface area contributed by atoms with Crippen molar-refractivity contribution in [1.29, 1.82) is 0 Å². The zero-order valence-corrected chi connectivity index (χ0v) is 23.7. The van der Waals surface area contributed by atoms with Crippen molar-refractivity contribution < 1.29 is 39.6 Å². The lowest BCUT2D eigenvalue weighted by Crippen LogP contribution is -2.45. The van der Waals surface area contributed by atoms with Crippen molar-refractivity contribution >= 4 is 26.2 Å². The molecule has 1 aliphatic heterocycles. The Kier molecular flexibility index (Phi) is 7.83. The number of aryl methyl sites for hydroxylation is 2. The van der Waals surface area contributed by atoms with Gasteiger partial charge in [0, 0.05) is 13.0 Å². The van der Waals surface area contributed by atoms with E-state index in [2.05, 4.69) is 0 Å². The predicted molar refractivity (Wildman–Crippen MR) is 143 cm³/mol. The lowest BCUT2D eigenvalue weighted by molar-refractivity contribution is -0.141. The Balaban J connectivity index is 1.53. The van der Waals surface area contributed by atoms with Crippen LogP contribution in [0.3, 0.4) is 0 Å². The number of ether oxygens (including phenoxy) is 1. The third-order valence-corrected chi connectivity index (χ3v) is 9.73. The van der Waals surface area contributed by atoms with Crippen molar-refractivity contribution in [1.82, 2.24) is 5.06 Å². The molecular weight excluding hydrogens is 558 g/mol. The van der Waals surface area contributed by atoms with Crippen molar-refractivity contribution in [3.8, 4) is 0 Å². The summed E-state index contributed by atoms with van der Waals surface area (Å²) in [4.78, 5) is 18.6.